The Morgan fingerprint density at radius 3 is 2.89 bits per heavy atom. The van der Waals surface area contributed by atoms with Crippen molar-refractivity contribution in [1.29, 1.82) is 0 Å². The lowest BCUT2D eigenvalue weighted by molar-refractivity contribution is -0.0298. The number of amides is 1. The van der Waals surface area contributed by atoms with Gasteiger partial charge in [0.15, 0.2) is 0 Å². The van der Waals surface area contributed by atoms with Crippen LogP contribution in [-0.2, 0) is 4.74 Å². The van der Waals surface area contributed by atoms with Crippen molar-refractivity contribution in [2.45, 2.75) is 26.4 Å². The summed E-state index contributed by atoms with van der Waals surface area (Å²) < 4.78 is 5.68. The second-order valence-electron chi connectivity index (χ2n) is 5.00. The first-order valence-corrected chi connectivity index (χ1v) is 6.32. The number of hydrogen-bond acceptors (Lipinski definition) is 4. The normalized spacial score (nSPS) is 20.2. The Kier molecular flexibility index (Phi) is 4.25. The van der Waals surface area contributed by atoms with Gasteiger partial charge in [0.1, 0.15) is 6.33 Å². The molecule has 0 spiro atoms. The highest BCUT2D eigenvalue weighted by molar-refractivity contribution is 5.93. The number of nitrogens with zero attached hydrogens (tertiary/aromatic N) is 3. The third kappa shape index (κ3) is 3.26. The van der Waals surface area contributed by atoms with Gasteiger partial charge in [-0.1, -0.05) is 13.8 Å². The van der Waals surface area contributed by atoms with Crippen molar-refractivity contribution in [3.8, 4) is 0 Å². The minimum absolute atomic E-state index is 0.00680. The van der Waals surface area contributed by atoms with Gasteiger partial charge in [0, 0.05) is 25.5 Å². The minimum atomic E-state index is -0.00680. The van der Waals surface area contributed by atoms with Gasteiger partial charge in [-0.15, -0.1) is 0 Å². The number of aromatic nitrogens is 2. The smallest absolute Gasteiger partial charge is 0.257 e. The van der Waals surface area contributed by atoms with Crippen molar-refractivity contribution in [2.75, 3.05) is 19.7 Å². The molecule has 0 aliphatic carbocycles. The molecule has 1 aliphatic rings. The van der Waals surface area contributed by atoms with Crippen LogP contribution in [-0.4, -0.2) is 46.6 Å². The van der Waals surface area contributed by atoms with Gasteiger partial charge in [0.2, 0.25) is 0 Å². The molecule has 18 heavy (non-hydrogen) atoms. The third-order valence-electron chi connectivity index (χ3n) is 2.97. The Morgan fingerprint density at radius 1 is 1.50 bits per heavy atom. The number of carbonyl (C=O) groups is 1. The zero-order valence-corrected chi connectivity index (χ0v) is 10.9. The lowest BCUT2D eigenvalue weighted by atomic mass is 10.0. The molecule has 1 amide bonds. The van der Waals surface area contributed by atoms with E-state index < -0.39 is 0 Å². The van der Waals surface area contributed by atoms with Crippen LogP contribution < -0.4 is 0 Å². The summed E-state index contributed by atoms with van der Waals surface area (Å²) in [6, 6.07) is 0. The van der Waals surface area contributed by atoms with Crippen LogP contribution in [0, 0.1) is 5.92 Å². The Bertz CT molecular complexity index is 394. The van der Waals surface area contributed by atoms with E-state index in [-0.39, 0.29) is 12.0 Å². The van der Waals surface area contributed by atoms with Gasteiger partial charge in [0.25, 0.3) is 5.91 Å². The maximum absolute atomic E-state index is 12.2. The molecule has 1 aromatic rings. The number of rotatable bonds is 3. The van der Waals surface area contributed by atoms with Crippen molar-refractivity contribution < 1.29 is 9.53 Å². The average Bonchev–Trinajstić information content (AvgIpc) is 2.38. The molecular weight excluding hydrogens is 230 g/mol. The van der Waals surface area contributed by atoms with Crippen molar-refractivity contribution in [3.05, 3.63) is 24.3 Å². The Morgan fingerprint density at radius 2 is 2.22 bits per heavy atom. The molecule has 1 fully saturated rings. The van der Waals surface area contributed by atoms with E-state index in [0.29, 0.717) is 31.2 Å². The lowest BCUT2D eigenvalue weighted by Gasteiger charge is -2.33. The molecular formula is C13H19N3O2. The number of hydrogen-bond donors (Lipinski definition) is 0. The monoisotopic (exact) mass is 249 g/mol. The van der Waals surface area contributed by atoms with Crippen molar-refractivity contribution in [1.82, 2.24) is 14.9 Å². The molecule has 0 saturated carbocycles. The van der Waals surface area contributed by atoms with Crippen LogP contribution in [0.3, 0.4) is 0 Å². The Hall–Kier alpha value is -1.49. The summed E-state index contributed by atoms with van der Waals surface area (Å²) >= 11 is 0. The summed E-state index contributed by atoms with van der Waals surface area (Å²) in [5, 5.41) is 0. The first-order chi connectivity index (χ1) is 8.66. The van der Waals surface area contributed by atoms with Gasteiger partial charge in [0.05, 0.1) is 18.3 Å². The number of ether oxygens (including phenoxy) is 1. The van der Waals surface area contributed by atoms with E-state index >= 15 is 0 Å². The minimum Gasteiger partial charge on any atom is -0.375 e. The highest BCUT2D eigenvalue weighted by Crippen LogP contribution is 2.15. The van der Waals surface area contributed by atoms with Crippen molar-refractivity contribution >= 4 is 5.91 Å². The van der Waals surface area contributed by atoms with Gasteiger partial charge >= 0.3 is 0 Å². The van der Waals surface area contributed by atoms with Crippen LogP contribution >= 0.6 is 0 Å². The molecule has 5 nitrogen and oxygen atoms in total. The molecule has 98 valence electrons. The van der Waals surface area contributed by atoms with Gasteiger partial charge < -0.3 is 9.64 Å². The molecule has 1 unspecified atom stereocenters. The van der Waals surface area contributed by atoms with Crippen LogP contribution in [0.5, 0.6) is 0 Å². The standard InChI is InChI=1S/C13H19N3O2/c1-10(2)5-12-8-16(3-4-18-12)13(17)11-6-14-9-15-7-11/h6-7,9-10,12H,3-5,8H2,1-2H3. The quantitative estimate of drug-likeness (QED) is 0.811. The second-order valence-corrected chi connectivity index (χ2v) is 5.00. The highest BCUT2D eigenvalue weighted by atomic mass is 16.5. The second kappa shape index (κ2) is 5.91. The molecule has 1 atom stereocenters. The molecule has 5 heteroatoms. The maximum Gasteiger partial charge on any atom is 0.257 e. The zero-order chi connectivity index (χ0) is 13.0. The first kappa shape index (κ1) is 13.0. The molecule has 0 aromatic carbocycles. The predicted octanol–water partition coefficient (Wildman–Crippen LogP) is 1.36. The largest absolute Gasteiger partial charge is 0.375 e. The summed E-state index contributed by atoms with van der Waals surface area (Å²) in [5.41, 5.74) is 0.544. The molecule has 0 radical (unpaired) electrons. The highest BCUT2D eigenvalue weighted by Gasteiger charge is 2.25. The van der Waals surface area contributed by atoms with Crippen LogP contribution in [0.25, 0.3) is 0 Å². The van der Waals surface area contributed by atoms with Gasteiger partial charge in [-0.2, -0.15) is 0 Å². The zero-order valence-electron chi connectivity index (χ0n) is 10.9. The van der Waals surface area contributed by atoms with Crippen molar-refractivity contribution in [3.63, 3.8) is 0 Å². The molecule has 0 bridgehead atoms. The molecule has 0 N–H and O–H groups in total. The SMILES string of the molecule is CC(C)CC1CN(C(=O)c2cncnc2)CCO1. The molecule has 2 rings (SSSR count). The fourth-order valence-corrected chi connectivity index (χ4v) is 2.16. The van der Waals surface area contributed by atoms with E-state index in [1.165, 1.54) is 6.33 Å². The van der Waals surface area contributed by atoms with Crippen LogP contribution in [0.4, 0.5) is 0 Å². The van der Waals surface area contributed by atoms with Crippen LogP contribution in [0.2, 0.25) is 0 Å². The van der Waals surface area contributed by atoms with E-state index in [1.807, 2.05) is 4.90 Å². The third-order valence-corrected chi connectivity index (χ3v) is 2.97. The average molecular weight is 249 g/mol. The number of morpholine rings is 1. The number of carbonyl (C=O) groups excluding carboxylic acids is 1. The van der Waals surface area contributed by atoms with Crippen molar-refractivity contribution in [2.24, 2.45) is 5.92 Å². The van der Waals surface area contributed by atoms with E-state index in [2.05, 4.69) is 23.8 Å². The summed E-state index contributed by atoms with van der Waals surface area (Å²) in [6.45, 7) is 6.23. The van der Waals surface area contributed by atoms with Crippen LogP contribution in [0.15, 0.2) is 18.7 Å². The van der Waals surface area contributed by atoms with Gasteiger partial charge in [-0.25, -0.2) is 9.97 Å². The predicted molar refractivity (Wildman–Crippen MR) is 67.1 cm³/mol. The van der Waals surface area contributed by atoms with E-state index in [0.717, 1.165) is 6.42 Å². The molecule has 1 saturated heterocycles. The van der Waals surface area contributed by atoms with Crippen LogP contribution in [0.1, 0.15) is 30.6 Å². The molecule has 1 aromatic heterocycles. The fraction of sp³-hybridized carbons (Fsp3) is 0.615. The first-order valence-electron chi connectivity index (χ1n) is 6.32. The van der Waals surface area contributed by atoms with E-state index in [4.69, 9.17) is 4.74 Å². The molecule has 2 heterocycles. The topological polar surface area (TPSA) is 55.3 Å². The Balaban J connectivity index is 1.98. The maximum atomic E-state index is 12.2. The van der Waals surface area contributed by atoms with Gasteiger partial charge in [-0.05, 0) is 12.3 Å². The molecule has 1 aliphatic heterocycles. The summed E-state index contributed by atoms with van der Waals surface area (Å²) in [4.78, 5) is 21.8. The van der Waals surface area contributed by atoms with E-state index in [9.17, 15) is 4.79 Å². The fourth-order valence-electron chi connectivity index (χ4n) is 2.16. The Labute approximate surface area is 107 Å². The van der Waals surface area contributed by atoms with E-state index in [1.54, 1.807) is 12.4 Å². The summed E-state index contributed by atoms with van der Waals surface area (Å²) in [7, 11) is 0. The summed E-state index contributed by atoms with van der Waals surface area (Å²) in [5.74, 6) is 0.567. The van der Waals surface area contributed by atoms with Gasteiger partial charge in [-0.3, -0.25) is 4.79 Å². The lowest BCUT2D eigenvalue weighted by Crippen LogP contribution is -2.46. The summed E-state index contributed by atoms with van der Waals surface area (Å²) in [6.07, 6.45) is 5.67.